The highest BCUT2D eigenvalue weighted by atomic mass is 16.2. The zero-order valence-corrected chi connectivity index (χ0v) is 8.47. The fourth-order valence-corrected chi connectivity index (χ4v) is 1.96. The van der Waals surface area contributed by atoms with Crippen molar-refractivity contribution in [1.29, 1.82) is 0 Å². The van der Waals surface area contributed by atoms with Crippen LogP contribution in [0.1, 0.15) is 26.2 Å². The second-order valence-corrected chi connectivity index (χ2v) is 4.62. The largest absolute Gasteiger partial charge is 0.341 e. The summed E-state index contributed by atoms with van der Waals surface area (Å²) >= 11 is 0. The zero-order chi connectivity index (χ0) is 9.47. The van der Waals surface area contributed by atoms with Crippen molar-refractivity contribution in [2.75, 3.05) is 20.1 Å². The van der Waals surface area contributed by atoms with Crippen molar-refractivity contribution in [3.63, 3.8) is 0 Å². The molecular formula is C10H18N2O. The summed E-state index contributed by atoms with van der Waals surface area (Å²) in [6, 6.07) is 0.435. The highest BCUT2D eigenvalue weighted by Gasteiger charge is 2.47. The molecule has 0 aromatic heterocycles. The molecule has 2 fully saturated rings. The van der Waals surface area contributed by atoms with Crippen molar-refractivity contribution >= 4 is 5.91 Å². The van der Waals surface area contributed by atoms with E-state index >= 15 is 0 Å². The van der Waals surface area contributed by atoms with Crippen LogP contribution in [0, 0.1) is 5.41 Å². The lowest BCUT2D eigenvalue weighted by Crippen LogP contribution is -2.41. The Labute approximate surface area is 79.5 Å². The molecule has 1 saturated heterocycles. The number of hydrogen-bond acceptors (Lipinski definition) is 2. The van der Waals surface area contributed by atoms with E-state index in [4.69, 9.17) is 0 Å². The van der Waals surface area contributed by atoms with Crippen LogP contribution in [0.4, 0.5) is 0 Å². The Hall–Kier alpha value is -0.570. The van der Waals surface area contributed by atoms with Crippen molar-refractivity contribution < 1.29 is 4.79 Å². The molecule has 1 heterocycles. The Bertz CT molecular complexity index is 217. The van der Waals surface area contributed by atoms with E-state index < -0.39 is 0 Å². The predicted octanol–water partition coefficient (Wildman–Crippen LogP) is 0.607. The SMILES string of the molecule is CN(C(=O)C1(C)CC1)C1CCNC1. The third-order valence-electron chi connectivity index (χ3n) is 3.42. The lowest BCUT2D eigenvalue weighted by Gasteiger charge is -2.26. The normalized spacial score (nSPS) is 30.2. The summed E-state index contributed by atoms with van der Waals surface area (Å²) in [5.41, 5.74) is -0.00264. The number of nitrogens with one attached hydrogen (secondary N) is 1. The molecule has 1 saturated carbocycles. The highest BCUT2D eigenvalue weighted by Crippen LogP contribution is 2.46. The van der Waals surface area contributed by atoms with E-state index in [2.05, 4.69) is 12.2 Å². The van der Waals surface area contributed by atoms with Crippen molar-refractivity contribution in [3.8, 4) is 0 Å². The number of carbonyl (C=O) groups excluding carboxylic acids is 1. The lowest BCUT2D eigenvalue weighted by atomic mass is 10.1. The minimum absolute atomic E-state index is 0.00264. The van der Waals surface area contributed by atoms with Gasteiger partial charge in [-0.1, -0.05) is 6.92 Å². The van der Waals surface area contributed by atoms with Crippen LogP contribution in [0.5, 0.6) is 0 Å². The summed E-state index contributed by atoms with van der Waals surface area (Å²) in [5.74, 6) is 0.348. The average Bonchev–Trinajstić information content (AvgIpc) is 2.71. The van der Waals surface area contributed by atoms with Crippen molar-refractivity contribution in [3.05, 3.63) is 0 Å². The summed E-state index contributed by atoms with van der Waals surface area (Å²) in [6.07, 6.45) is 3.27. The van der Waals surface area contributed by atoms with E-state index in [0.717, 1.165) is 32.4 Å². The number of hydrogen-bond donors (Lipinski definition) is 1. The van der Waals surface area contributed by atoms with Crippen LogP contribution in [0.2, 0.25) is 0 Å². The second-order valence-electron chi connectivity index (χ2n) is 4.62. The standard InChI is InChI=1S/C10H18N2O/c1-10(4-5-10)9(13)12(2)8-3-6-11-7-8/h8,11H,3-7H2,1-2H3. The molecule has 0 spiro atoms. The Morgan fingerprint density at radius 1 is 1.54 bits per heavy atom. The topological polar surface area (TPSA) is 32.3 Å². The molecule has 1 aliphatic carbocycles. The molecule has 1 atom stereocenters. The minimum atomic E-state index is -0.00264. The molecule has 3 nitrogen and oxygen atoms in total. The van der Waals surface area contributed by atoms with Crippen LogP contribution in [-0.2, 0) is 4.79 Å². The third kappa shape index (κ3) is 1.57. The van der Waals surface area contributed by atoms with Gasteiger partial charge in [-0.15, -0.1) is 0 Å². The van der Waals surface area contributed by atoms with Gasteiger partial charge in [-0.25, -0.2) is 0 Å². The van der Waals surface area contributed by atoms with Crippen LogP contribution in [-0.4, -0.2) is 37.0 Å². The van der Waals surface area contributed by atoms with Gasteiger partial charge in [-0.3, -0.25) is 4.79 Å². The van der Waals surface area contributed by atoms with Gasteiger partial charge in [0.1, 0.15) is 0 Å². The summed E-state index contributed by atoms with van der Waals surface area (Å²) in [7, 11) is 1.95. The first-order valence-corrected chi connectivity index (χ1v) is 5.11. The predicted molar refractivity (Wildman–Crippen MR) is 51.4 cm³/mol. The van der Waals surface area contributed by atoms with Crippen LogP contribution in [0.15, 0.2) is 0 Å². The molecule has 1 unspecified atom stereocenters. The van der Waals surface area contributed by atoms with E-state index in [1.807, 2.05) is 11.9 Å². The van der Waals surface area contributed by atoms with Gasteiger partial charge in [0.25, 0.3) is 0 Å². The van der Waals surface area contributed by atoms with Crippen LogP contribution >= 0.6 is 0 Å². The molecule has 1 amide bonds. The Morgan fingerprint density at radius 2 is 2.23 bits per heavy atom. The van der Waals surface area contributed by atoms with Gasteiger partial charge in [-0.2, -0.15) is 0 Å². The van der Waals surface area contributed by atoms with E-state index in [1.165, 1.54) is 0 Å². The smallest absolute Gasteiger partial charge is 0.228 e. The molecule has 0 radical (unpaired) electrons. The quantitative estimate of drug-likeness (QED) is 0.678. The van der Waals surface area contributed by atoms with Gasteiger partial charge < -0.3 is 10.2 Å². The molecule has 2 aliphatic rings. The molecule has 74 valence electrons. The number of nitrogens with zero attached hydrogens (tertiary/aromatic N) is 1. The molecule has 1 N–H and O–H groups in total. The van der Waals surface area contributed by atoms with E-state index in [1.54, 1.807) is 0 Å². The van der Waals surface area contributed by atoms with Crippen LogP contribution < -0.4 is 5.32 Å². The van der Waals surface area contributed by atoms with Gasteiger partial charge in [0.05, 0.1) is 0 Å². The molecule has 0 aromatic carbocycles. The van der Waals surface area contributed by atoms with Gasteiger partial charge in [-0.05, 0) is 25.8 Å². The summed E-state index contributed by atoms with van der Waals surface area (Å²) in [6.45, 7) is 4.10. The average molecular weight is 182 g/mol. The number of likely N-dealkylation sites (N-methyl/N-ethyl adjacent to an activating group) is 1. The van der Waals surface area contributed by atoms with Gasteiger partial charge in [0, 0.05) is 25.0 Å². The Morgan fingerprint density at radius 3 is 2.69 bits per heavy atom. The first-order valence-electron chi connectivity index (χ1n) is 5.11. The number of carbonyl (C=O) groups is 1. The highest BCUT2D eigenvalue weighted by molar-refractivity contribution is 5.85. The Balaban J connectivity index is 1.95. The fourth-order valence-electron chi connectivity index (χ4n) is 1.96. The maximum Gasteiger partial charge on any atom is 0.228 e. The maximum absolute atomic E-state index is 11.9. The maximum atomic E-state index is 11.9. The first-order chi connectivity index (χ1) is 6.13. The van der Waals surface area contributed by atoms with E-state index in [-0.39, 0.29) is 5.41 Å². The van der Waals surface area contributed by atoms with Crippen LogP contribution in [0.3, 0.4) is 0 Å². The second kappa shape index (κ2) is 2.98. The minimum Gasteiger partial charge on any atom is -0.341 e. The molecule has 13 heavy (non-hydrogen) atoms. The third-order valence-corrected chi connectivity index (χ3v) is 3.42. The molecule has 2 rings (SSSR count). The van der Waals surface area contributed by atoms with E-state index in [9.17, 15) is 4.79 Å². The monoisotopic (exact) mass is 182 g/mol. The van der Waals surface area contributed by atoms with Gasteiger partial charge in [0.15, 0.2) is 0 Å². The first kappa shape index (κ1) is 9.00. The van der Waals surface area contributed by atoms with Crippen molar-refractivity contribution in [2.45, 2.75) is 32.2 Å². The van der Waals surface area contributed by atoms with Gasteiger partial charge >= 0.3 is 0 Å². The Kier molecular flexibility index (Phi) is 2.06. The number of amides is 1. The lowest BCUT2D eigenvalue weighted by molar-refractivity contribution is -0.136. The molecule has 0 bridgehead atoms. The van der Waals surface area contributed by atoms with E-state index in [0.29, 0.717) is 11.9 Å². The van der Waals surface area contributed by atoms with Gasteiger partial charge in [0.2, 0.25) is 5.91 Å². The van der Waals surface area contributed by atoms with Crippen LogP contribution in [0.25, 0.3) is 0 Å². The van der Waals surface area contributed by atoms with Crippen molar-refractivity contribution in [1.82, 2.24) is 10.2 Å². The molecule has 3 heteroatoms. The fraction of sp³-hybridized carbons (Fsp3) is 0.900. The van der Waals surface area contributed by atoms with Crippen molar-refractivity contribution in [2.24, 2.45) is 5.41 Å². The number of rotatable bonds is 2. The summed E-state index contributed by atoms with van der Waals surface area (Å²) in [4.78, 5) is 13.9. The molecule has 0 aromatic rings. The molecular weight excluding hydrogens is 164 g/mol. The molecule has 1 aliphatic heterocycles. The zero-order valence-electron chi connectivity index (χ0n) is 8.47. The summed E-state index contributed by atoms with van der Waals surface area (Å²) in [5, 5.41) is 3.29. The summed E-state index contributed by atoms with van der Waals surface area (Å²) < 4.78 is 0.